The second kappa shape index (κ2) is 11.2. The second-order valence-corrected chi connectivity index (χ2v) is 7.95. The van der Waals surface area contributed by atoms with Crippen LogP contribution in [0, 0.1) is 0 Å². The largest absolute Gasteiger partial charge is 0.355 e. The minimum Gasteiger partial charge on any atom is -0.355 e. The van der Waals surface area contributed by atoms with Crippen molar-refractivity contribution >= 4 is 29.9 Å². The lowest BCUT2D eigenvalue weighted by Crippen LogP contribution is -2.56. The first-order valence-electron chi connectivity index (χ1n) is 10.1. The van der Waals surface area contributed by atoms with E-state index in [1.54, 1.807) is 0 Å². The highest BCUT2D eigenvalue weighted by Gasteiger charge is 2.24. The molecule has 152 valence electrons. The van der Waals surface area contributed by atoms with Gasteiger partial charge >= 0.3 is 0 Å². The van der Waals surface area contributed by atoms with Crippen LogP contribution in [0.25, 0.3) is 0 Å². The van der Waals surface area contributed by atoms with Gasteiger partial charge in [0.15, 0.2) is 5.96 Å². The number of nitrogens with one attached hydrogen (secondary N) is 2. The molecule has 1 saturated carbocycles. The van der Waals surface area contributed by atoms with Gasteiger partial charge in [-0.1, -0.05) is 30.3 Å². The summed E-state index contributed by atoms with van der Waals surface area (Å²) in [5, 5.41) is 7.20. The van der Waals surface area contributed by atoms with Crippen molar-refractivity contribution in [2.24, 2.45) is 4.99 Å². The van der Waals surface area contributed by atoms with E-state index >= 15 is 0 Å². The summed E-state index contributed by atoms with van der Waals surface area (Å²) in [4.78, 5) is 9.31. The van der Waals surface area contributed by atoms with Gasteiger partial charge < -0.3 is 15.5 Å². The van der Waals surface area contributed by atoms with E-state index in [0.717, 1.165) is 38.1 Å². The molecule has 1 aromatic rings. The van der Waals surface area contributed by atoms with Crippen LogP contribution in [0.4, 0.5) is 0 Å². The molecule has 2 N–H and O–H groups in total. The van der Waals surface area contributed by atoms with Gasteiger partial charge in [-0.25, -0.2) is 0 Å². The van der Waals surface area contributed by atoms with E-state index < -0.39 is 0 Å². The van der Waals surface area contributed by atoms with Gasteiger partial charge in [-0.3, -0.25) is 9.89 Å². The Morgan fingerprint density at radius 3 is 2.44 bits per heavy atom. The molecule has 1 atom stereocenters. The average molecular weight is 485 g/mol. The molecule has 1 heterocycles. The quantitative estimate of drug-likeness (QED) is 0.391. The van der Waals surface area contributed by atoms with E-state index in [-0.39, 0.29) is 24.0 Å². The summed E-state index contributed by atoms with van der Waals surface area (Å²) in [5.74, 6) is 1.67. The summed E-state index contributed by atoms with van der Waals surface area (Å²) in [5.41, 5.74) is 1.50. The van der Waals surface area contributed by atoms with Crippen molar-refractivity contribution in [2.45, 2.75) is 43.7 Å². The van der Waals surface area contributed by atoms with E-state index in [1.165, 1.54) is 31.2 Å². The molecular weight excluding hydrogens is 449 g/mol. The molecule has 0 bridgehead atoms. The first-order chi connectivity index (χ1) is 12.7. The monoisotopic (exact) mass is 485 g/mol. The van der Waals surface area contributed by atoms with Crippen molar-refractivity contribution in [3.05, 3.63) is 35.9 Å². The number of hydrogen-bond donors (Lipinski definition) is 2. The molecule has 1 unspecified atom stereocenters. The molecule has 27 heavy (non-hydrogen) atoms. The van der Waals surface area contributed by atoms with Crippen molar-refractivity contribution < 1.29 is 0 Å². The first kappa shape index (κ1) is 22.4. The minimum atomic E-state index is 0. The van der Waals surface area contributed by atoms with Gasteiger partial charge in [0.05, 0.1) is 0 Å². The van der Waals surface area contributed by atoms with Gasteiger partial charge in [0, 0.05) is 45.3 Å². The number of likely N-dealkylation sites (N-methyl/N-ethyl adjacent to an activating group) is 2. The Bertz CT molecular complexity index is 571. The Morgan fingerprint density at radius 1 is 1.07 bits per heavy atom. The molecule has 0 radical (unpaired) electrons. The summed E-state index contributed by atoms with van der Waals surface area (Å²) < 4.78 is 0. The Labute approximate surface area is 182 Å². The van der Waals surface area contributed by atoms with Crippen LogP contribution in [0.3, 0.4) is 0 Å². The fourth-order valence-corrected chi connectivity index (χ4v) is 4.22. The number of guanidine groups is 1. The average Bonchev–Trinajstić information content (AvgIpc) is 2.68. The molecule has 0 aromatic heterocycles. The van der Waals surface area contributed by atoms with Gasteiger partial charge in [-0.15, -0.1) is 24.0 Å². The summed E-state index contributed by atoms with van der Waals surface area (Å²) in [6.45, 7) is 4.35. The number of aliphatic imine (C=N–C) groups is 1. The molecule has 0 spiro atoms. The lowest BCUT2D eigenvalue weighted by atomic mass is 9.82. The highest BCUT2D eigenvalue weighted by molar-refractivity contribution is 14.0. The zero-order valence-corrected chi connectivity index (χ0v) is 19.4. The van der Waals surface area contributed by atoms with Gasteiger partial charge in [0.2, 0.25) is 0 Å². The summed E-state index contributed by atoms with van der Waals surface area (Å²) >= 11 is 0. The summed E-state index contributed by atoms with van der Waals surface area (Å²) in [6.07, 6.45) is 4.95. The van der Waals surface area contributed by atoms with Crippen LogP contribution in [-0.4, -0.2) is 75.2 Å². The molecule has 1 aliphatic heterocycles. The highest BCUT2D eigenvalue weighted by Crippen LogP contribution is 2.32. The molecule has 2 aliphatic rings. The van der Waals surface area contributed by atoms with E-state index in [1.807, 2.05) is 7.05 Å². The zero-order chi connectivity index (χ0) is 18.4. The third-order valence-corrected chi connectivity index (χ3v) is 6.05. The van der Waals surface area contributed by atoms with Crippen molar-refractivity contribution in [3.8, 4) is 0 Å². The third kappa shape index (κ3) is 6.61. The number of halogens is 1. The van der Waals surface area contributed by atoms with Crippen LogP contribution in [0.15, 0.2) is 35.3 Å². The summed E-state index contributed by atoms with van der Waals surface area (Å²) in [7, 11) is 6.31. The Hall–Kier alpha value is -0.860. The zero-order valence-electron chi connectivity index (χ0n) is 17.0. The standard InChI is InChI=1S/C21H35N5.HI/c1-22-21(23-15-20-16-25(2)13-14-26(20)3)24-19-11-9-18(10-12-19)17-7-5-4-6-8-17;/h4-8,18-20H,9-16H2,1-3H3,(H2,22,23,24);1H. The molecule has 1 saturated heterocycles. The van der Waals surface area contributed by atoms with E-state index in [9.17, 15) is 0 Å². The maximum atomic E-state index is 4.45. The van der Waals surface area contributed by atoms with Crippen molar-refractivity contribution in [1.29, 1.82) is 0 Å². The topological polar surface area (TPSA) is 42.9 Å². The molecule has 6 heteroatoms. The van der Waals surface area contributed by atoms with Crippen LogP contribution in [0.5, 0.6) is 0 Å². The molecule has 2 fully saturated rings. The second-order valence-electron chi connectivity index (χ2n) is 7.95. The number of nitrogens with zero attached hydrogens (tertiary/aromatic N) is 3. The molecule has 0 amide bonds. The summed E-state index contributed by atoms with van der Waals surface area (Å²) in [6, 6.07) is 12.0. The number of benzene rings is 1. The van der Waals surface area contributed by atoms with E-state index in [4.69, 9.17) is 0 Å². The van der Waals surface area contributed by atoms with Crippen LogP contribution in [-0.2, 0) is 0 Å². The van der Waals surface area contributed by atoms with Crippen molar-refractivity contribution in [3.63, 3.8) is 0 Å². The third-order valence-electron chi connectivity index (χ3n) is 6.05. The van der Waals surface area contributed by atoms with Crippen LogP contribution in [0.1, 0.15) is 37.2 Å². The number of piperazine rings is 1. The molecular formula is C21H36IN5. The van der Waals surface area contributed by atoms with E-state index in [2.05, 4.69) is 69.9 Å². The minimum absolute atomic E-state index is 0. The Balaban J connectivity index is 0.00000261. The number of rotatable bonds is 4. The SMILES string of the molecule is CN=C(NCC1CN(C)CCN1C)NC1CCC(c2ccccc2)CC1.I. The first-order valence-corrected chi connectivity index (χ1v) is 10.1. The highest BCUT2D eigenvalue weighted by atomic mass is 127. The molecule has 1 aromatic carbocycles. The van der Waals surface area contributed by atoms with Gasteiger partial charge in [-0.05, 0) is 51.3 Å². The molecule has 3 rings (SSSR count). The lowest BCUT2D eigenvalue weighted by Gasteiger charge is -2.38. The van der Waals surface area contributed by atoms with Crippen molar-refractivity contribution in [2.75, 3.05) is 47.3 Å². The lowest BCUT2D eigenvalue weighted by molar-refractivity contribution is 0.116. The Morgan fingerprint density at radius 2 is 1.78 bits per heavy atom. The van der Waals surface area contributed by atoms with E-state index in [0.29, 0.717) is 12.1 Å². The fourth-order valence-electron chi connectivity index (χ4n) is 4.22. The van der Waals surface area contributed by atoms with Crippen LogP contribution >= 0.6 is 24.0 Å². The molecule has 5 nitrogen and oxygen atoms in total. The predicted molar refractivity (Wildman–Crippen MR) is 125 cm³/mol. The maximum absolute atomic E-state index is 4.45. The van der Waals surface area contributed by atoms with Gasteiger partial charge in [0.1, 0.15) is 0 Å². The number of hydrogen-bond acceptors (Lipinski definition) is 3. The van der Waals surface area contributed by atoms with Crippen LogP contribution in [0.2, 0.25) is 0 Å². The normalized spacial score (nSPS) is 27.7. The fraction of sp³-hybridized carbons (Fsp3) is 0.667. The van der Waals surface area contributed by atoms with Crippen LogP contribution < -0.4 is 10.6 Å². The van der Waals surface area contributed by atoms with Gasteiger partial charge in [0.25, 0.3) is 0 Å². The predicted octanol–water partition coefficient (Wildman–Crippen LogP) is 2.74. The van der Waals surface area contributed by atoms with Crippen molar-refractivity contribution in [1.82, 2.24) is 20.4 Å². The van der Waals surface area contributed by atoms with Gasteiger partial charge in [-0.2, -0.15) is 0 Å². The maximum Gasteiger partial charge on any atom is 0.191 e. The smallest absolute Gasteiger partial charge is 0.191 e. The Kier molecular flexibility index (Phi) is 9.32. The molecule has 1 aliphatic carbocycles.